The highest BCUT2D eigenvalue weighted by Crippen LogP contribution is 2.20. The third kappa shape index (κ3) is 1.58. The minimum Gasteiger partial charge on any atom is -0.344 e. The molecule has 18 heavy (non-hydrogen) atoms. The SMILES string of the molecule is CCn1c2c(c(=O)c3cc(C)ccc31)CNCC2. The average molecular weight is 242 g/mol. The zero-order chi connectivity index (χ0) is 12.7. The highest BCUT2D eigenvalue weighted by atomic mass is 16.1. The van der Waals surface area contributed by atoms with Gasteiger partial charge < -0.3 is 9.88 Å². The first-order valence-corrected chi connectivity index (χ1v) is 6.58. The fourth-order valence-corrected chi connectivity index (χ4v) is 2.92. The van der Waals surface area contributed by atoms with E-state index in [-0.39, 0.29) is 5.43 Å². The van der Waals surface area contributed by atoms with E-state index in [1.807, 2.05) is 13.0 Å². The molecule has 0 fully saturated rings. The molecule has 0 saturated heterocycles. The zero-order valence-corrected chi connectivity index (χ0v) is 10.9. The first kappa shape index (κ1) is 11.5. The summed E-state index contributed by atoms with van der Waals surface area (Å²) < 4.78 is 2.30. The van der Waals surface area contributed by atoms with Crippen molar-refractivity contribution in [3.63, 3.8) is 0 Å². The van der Waals surface area contributed by atoms with E-state index in [1.165, 1.54) is 5.69 Å². The van der Waals surface area contributed by atoms with Gasteiger partial charge >= 0.3 is 0 Å². The number of benzene rings is 1. The molecule has 1 N–H and O–H groups in total. The maximum atomic E-state index is 12.5. The number of pyridine rings is 1. The van der Waals surface area contributed by atoms with Gasteiger partial charge in [-0.3, -0.25) is 4.79 Å². The summed E-state index contributed by atoms with van der Waals surface area (Å²) in [6, 6.07) is 6.18. The molecule has 1 aliphatic heterocycles. The molecule has 0 spiro atoms. The van der Waals surface area contributed by atoms with Crippen molar-refractivity contribution >= 4 is 10.9 Å². The first-order chi connectivity index (χ1) is 8.72. The van der Waals surface area contributed by atoms with E-state index in [0.29, 0.717) is 6.54 Å². The van der Waals surface area contributed by atoms with Crippen LogP contribution in [0.15, 0.2) is 23.0 Å². The van der Waals surface area contributed by atoms with Gasteiger partial charge in [-0.2, -0.15) is 0 Å². The van der Waals surface area contributed by atoms with Gasteiger partial charge in [0.1, 0.15) is 0 Å². The minimum absolute atomic E-state index is 0.209. The Morgan fingerprint density at radius 3 is 3.00 bits per heavy atom. The van der Waals surface area contributed by atoms with Gasteiger partial charge in [0.15, 0.2) is 5.43 Å². The Labute approximate surface area is 106 Å². The van der Waals surface area contributed by atoms with Crippen molar-refractivity contribution in [1.82, 2.24) is 9.88 Å². The molecule has 1 aromatic carbocycles. The fraction of sp³-hybridized carbons (Fsp3) is 0.400. The largest absolute Gasteiger partial charge is 0.344 e. The average Bonchev–Trinajstić information content (AvgIpc) is 2.40. The number of nitrogens with one attached hydrogen (secondary N) is 1. The van der Waals surface area contributed by atoms with Gasteiger partial charge in [-0.25, -0.2) is 0 Å². The standard InChI is InChI=1S/C15H18N2O/c1-3-17-13-5-4-10(2)8-11(13)15(18)12-9-16-7-6-14(12)17/h4-5,8,16H,3,6-7,9H2,1-2H3. The molecule has 0 unspecified atom stereocenters. The molecule has 3 nitrogen and oxygen atoms in total. The molecule has 0 radical (unpaired) electrons. The Balaban J connectivity index is 2.47. The number of aryl methyl sites for hydroxylation is 2. The molecule has 3 rings (SSSR count). The lowest BCUT2D eigenvalue weighted by Gasteiger charge is -2.23. The summed E-state index contributed by atoms with van der Waals surface area (Å²) in [5.41, 5.74) is 4.61. The summed E-state index contributed by atoms with van der Waals surface area (Å²) in [6.07, 6.45) is 0.947. The highest BCUT2D eigenvalue weighted by Gasteiger charge is 2.18. The van der Waals surface area contributed by atoms with Gasteiger partial charge in [0, 0.05) is 42.7 Å². The molecule has 3 heteroatoms. The lowest BCUT2D eigenvalue weighted by molar-refractivity contribution is 0.590. The lowest BCUT2D eigenvalue weighted by Crippen LogP contribution is -2.32. The van der Waals surface area contributed by atoms with Gasteiger partial charge in [-0.1, -0.05) is 11.6 Å². The fourth-order valence-electron chi connectivity index (χ4n) is 2.92. The summed E-state index contributed by atoms with van der Waals surface area (Å²) in [5.74, 6) is 0. The van der Waals surface area contributed by atoms with E-state index in [1.54, 1.807) is 0 Å². The Morgan fingerprint density at radius 1 is 1.39 bits per heavy atom. The summed E-state index contributed by atoms with van der Waals surface area (Å²) >= 11 is 0. The maximum absolute atomic E-state index is 12.5. The van der Waals surface area contributed by atoms with Crippen LogP contribution >= 0.6 is 0 Å². The molecular weight excluding hydrogens is 224 g/mol. The van der Waals surface area contributed by atoms with Crippen molar-refractivity contribution in [2.75, 3.05) is 6.54 Å². The second-order valence-electron chi connectivity index (χ2n) is 4.95. The normalized spacial score (nSPS) is 14.8. The predicted octanol–water partition coefficient (Wildman–Crippen LogP) is 1.98. The lowest BCUT2D eigenvalue weighted by atomic mass is 10.0. The van der Waals surface area contributed by atoms with Crippen LogP contribution in [0.25, 0.3) is 10.9 Å². The predicted molar refractivity (Wildman–Crippen MR) is 74.0 cm³/mol. The maximum Gasteiger partial charge on any atom is 0.194 e. The molecule has 0 atom stereocenters. The molecule has 0 saturated carbocycles. The van der Waals surface area contributed by atoms with Crippen molar-refractivity contribution in [2.45, 2.75) is 33.4 Å². The number of hydrogen-bond donors (Lipinski definition) is 1. The van der Waals surface area contributed by atoms with E-state index >= 15 is 0 Å². The quantitative estimate of drug-likeness (QED) is 0.829. The van der Waals surface area contributed by atoms with Crippen molar-refractivity contribution in [2.24, 2.45) is 0 Å². The van der Waals surface area contributed by atoms with E-state index in [4.69, 9.17) is 0 Å². The summed E-state index contributed by atoms with van der Waals surface area (Å²) in [4.78, 5) is 12.5. The smallest absolute Gasteiger partial charge is 0.194 e. The number of rotatable bonds is 1. The highest BCUT2D eigenvalue weighted by molar-refractivity contribution is 5.81. The minimum atomic E-state index is 0.209. The van der Waals surface area contributed by atoms with Crippen LogP contribution in [0, 0.1) is 6.92 Å². The van der Waals surface area contributed by atoms with Crippen LogP contribution in [0.2, 0.25) is 0 Å². The van der Waals surface area contributed by atoms with E-state index in [0.717, 1.165) is 41.5 Å². The Hall–Kier alpha value is -1.61. The van der Waals surface area contributed by atoms with Gasteiger partial charge in [-0.05, 0) is 26.0 Å². The molecule has 2 aromatic rings. The van der Waals surface area contributed by atoms with Gasteiger partial charge in [-0.15, -0.1) is 0 Å². The summed E-state index contributed by atoms with van der Waals surface area (Å²) in [5, 5.41) is 4.16. The molecular formula is C15H18N2O. The van der Waals surface area contributed by atoms with Crippen LogP contribution in [0.3, 0.4) is 0 Å². The first-order valence-electron chi connectivity index (χ1n) is 6.58. The molecule has 1 aliphatic rings. The monoisotopic (exact) mass is 242 g/mol. The van der Waals surface area contributed by atoms with E-state index in [2.05, 4.69) is 28.9 Å². The third-order valence-electron chi connectivity index (χ3n) is 3.79. The number of fused-ring (bicyclic) bond motifs is 2. The molecule has 1 aromatic heterocycles. The van der Waals surface area contributed by atoms with Crippen LogP contribution < -0.4 is 10.7 Å². The Morgan fingerprint density at radius 2 is 2.22 bits per heavy atom. The zero-order valence-electron chi connectivity index (χ0n) is 10.9. The van der Waals surface area contributed by atoms with Gasteiger partial charge in [0.05, 0.1) is 5.52 Å². The Kier molecular flexibility index (Phi) is 2.71. The van der Waals surface area contributed by atoms with Crippen LogP contribution in [-0.4, -0.2) is 11.1 Å². The number of hydrogen-bond acceptors (Lipinski definition) is 2. The summed E-state index contributed by atoms with van der Waals surface area (Å²) in [7, 11) is 0. The number of aromatic nitrogens is 1. The van der Waals surface area contributed by atoms with Gasteiger partial charge in [0.25, 0.3) is 0 Å². The number of nitrogens with zero attached hydrogens (tertiary/aromatic N) is 1. The van der Waals surface area contributed by atoms with Crippen LogP contribution in [0.5, 0.6) is 0 Å². The van der Waals surface area contributed by atoms with Crippen molar-refractivity contribution in [3.8, 4) is 0 Å². The van der Waals surface area contributed by atoms with Crippen LogP contribution in [0.4, 0.5) is 0 Å². The molecule has 0 bridgehead atoms. The molecule has 0 aliphatic carbocycles. The topological polar surface area (TPSA) is 34.0 Å². The van der Waals surface area contributed by atoms with E-state index < -0.39 is 0 Å². The van der Waals surface area contributed by atoms with E-state index in [9.17, 15) is 4.79 Å². The van der Waals surface area contributed by atoms with Crippen LogP contribution in [-0.2, 0) is 19.5 Å². The second kappa shape index (κ2) is 4.25. The van der Waals surface area contributed by atoms with Crippen molar-refractivity contribution in [1.29, 1.82) is 0 Å². The molecule has 94 valence electrons. The molecule has 0 amide bonds. The molecule has 2 heterocycles. The van der Waals surface area contributed by atoms with Crippen molar-refractivity contribution in [3.05, 3.63) is 45.2 Å². The van der Waals surface area contributed by atoms with Crippen molar-refractivity contribution < 1.29 is 0 Å². The van der Waals surface area contributed by atoms with Crippen LogP contribution in [0.1, 0.15) is 23.7 Å². The third-order valence-corrected chi connectivity index (χ3v) is 3.79. The summed E-state index contributed by atoms with van der Waals surface area (Å²) in [6.45, 7) is 6.77. The van der Waals surface area contributed by atoms with Gasteiger partial charge in [0.2, 0.25) is 0 Å². The Bertz CT molecular complexity index is 670. The second-order valence-corrected chi connectivity index (χ2v) is 4.95.